The van der Waals surface area contributed by atoms with Gasteiger partial charge in [0, 0.05) is 10.6 Å². The Bertz CT molecular complexity index is 639. The summed E-state index contributed by atoms with van der Waals surface area (Å²) in [4.78, 5) is 4.68. The average molecular weight is 297 g/mol. The fourth-order valence-electron chi connectivity index (χ4n) is 3.03. The van der Waals surface area contributed by atoms with Gasteiger partial charge in [-0.3, -0.25) is 0 Å². The fraction of sp³-hybridized carbons (Fsp3) is 0.533. The molecular formula is C15H18Cl2N2. The number of alkyl halides is 1. The molecule has 3 rings (SSSR count). The standard InChI is InChI=1S/C15H18Cl2N2/c1-9-11(17)6-7-12-14(9)19(13(8-16)18-12)15(2,3)10-4-5-10/h6-7,10H,4-5,8H2,1-3H3. The minimum atomic E-state index is 0.0500. The molecule has 0 unspecified atom stereocenters. The first-order valence-corrected chi connectivity index (χ1v) is 7.61. The molecule has 0 atom stereocenters. The van der Waals surface area contributed by atoms with Gasteiger partial charge in [0.15, 0.2) is 0 Å². The maximum atomic E-state index is 6.28. The second kappa shape index (κ2) is 4.39. The summed E-state index contributed by atoms with van der Waals surface area (Å²) in [6, 6.07) is 3.90. The zero-order valence-electron chi connectivity index (χ0n) is 11.5. The van der Waals surface area contributed by atoms with E-state index in [-0.39, 0.29) is 5.54 Å². The van der Waals surface area contributed by atoms with Crippen LogP contribution in [0.5, 0.6) is 0 Å². The molecule has 2 aromatic rings. The number of hydrogen-bond acceptors (Lipinski definition) is 1. The normalized spacial score (nSPS) is 16.3. The monoisotopic (exact) mass is 296 g/mol. The molecule has 0 radical (unpaired) electrons. The molecule has 2 nitrogen and oxygen atoms in total. The summed E-state index contributed by atoms with van der Waals surface area (Å²) in [5, 5.41) is 0.793. The Balaban J connectivity index is 2.34. The van der Waals surface area contributed by atoms with Gasteiger partial charge in [0.25, 0.3) is 0 Å². The van der Waals surface area contributed by atoms with Gasteiger partial charge in [0.05, 0.1) is 16.9 Å². The Morgan fingerprint density at radius 1 is 1.37 bits per heavy atom. The number of halogens is 2. The van der Waals surface area contributed by atoms with Crippen LogP contribution in [0, 0.1) is 12.8 Å². The molecule has 102 valence electrons. The van der Waals surface area contributed by atoms with Crippen LogP contribution in [-0.2, 0) is 11.4 Å². The van der Waals surface area contributed by atoms with Gasteiger partial charge in [0.2, 0.25) is 0 Å². The topological polar surface area (TPSA) is 17.8 Å². The quantitative estimate of drug-likeness (QED) is 0.738. The summed E-state index contributed by atoms with van der Waals surface area (Å²) in [7, 11) is 0. The van der Waals surface area contributed by atoms with E-state index in [0.717, 1.165) is 27.4 Å². The molecule has 0 aliphatic heterocycles. The number of hydrogen-bond donors (Lipinski definition) is 0. The lowest BCUT2D eigenvalue weighted by Gasteiger charge is -2.30. The van der Waals surface area contributed by atoms with E-state index in [1.54, 1.807) is 0 Å². The Kier molecular flexibility index (Phi) is 3.06. The first kappa shape index (κ1) is 13.3. The van der Waals surface area contributed by atoms with E-state index in [1.165, 1.54) is 12.8 Å². The lowest BCUT2D eigenvalue weighted by Crippen LogP contribution is -2.30. The highest BCUT2D eigenvalue weighted by Gasteiger charge is 2.41. The van der Waals surface area contributed by atoms with Gasteiger partial charge >= 0.3 is 0 Å². The fourth-order valence-corrected chi connectivity index (χ4v) is 3.37. The van der Waals surface area contributed by atoms with Crippen LogP contribution in [0.1, 0.15) is 38.1 Å². The Labute approximate surface area is 123 Å². The van der Waals surface area contributed by atoms with Crippen molar-refractivity contribution in [2.75, 3.05) is 0 Å². The van der Waals surface area contributed by atoms with Crippen LogP contribution in [-0.4, -0.2) is 9.55 Å². The van der Waals surface area contributed by atoms with E-state index in [9.17, 15) is 0 Å². The molecule has 1 fully saturated rings. The summed E-state index contributed by atoms with van der Waals surface area (Å²) in [5.41, 5.74) is 3.28. The molecule has 1 heterocycles. The van der Waals surface area contributed by atoms with Gasteiger partial charge in [-0.15, -0.1) is 11.6 Å². The van der Waals surface area contributed by atoms with Crippen molar-refractivity contribution in [3.05, 3.63) is 28.5 Å². The molecule has 1 aromatic heterocycles. The third-order valence-corrected chi connectivity index (χ3v) is 5.00. The zero-order valence-corrected chi connectivity index (χ0v) is 13.0. The van der Waals surface area contributed by atoms with Crippen LogP contribution in [0.4, 0.5) is 0 Å². The number of fused-ring (bicyclic) bond motifs is 1. The van der Waals surface area contributed by atoms with Crippen LogP contribution < -0.4 is 0 Å². The molecule has 0 bridgehead atoms. The number of benzene rings is 1. The van der Waals surface area contributed by atoms with Crippen molar-refractivity contribution in [1.29, 1.82) is 0 Å². The number of nitrogens with zero attached hydrogens (tertiary/aromatic N) is 2. The highest BCUT2D eigenvalue weighted by atomic mass is 35.5. The molecule has 0 N–H and O–H groups in total. The molecule has 1 aliphatic carbocycles. The maximum absolute atomic E-state index is 6.28. The smallest absolute Gasteiger partial charge is 0.125 e. The van der Waals surface area contributed by atoms with Crippen molar-refractivity contribution in [3.63, 3.8) is 0 Å². The highest BCUT2D eigenvalue weighted by Crippen LogP contribution is 2.46. The predicted octanol–water partition coefficient (Wildman–Crippen LogP) is 4.88. The van der Waals surface area contributed by atoms with Crippen molar-refractivity contribution in [1.82, 2.24) is 9.55 Å². The van der Waals surface area contributed by atoms with E-state index in [0.29, 0.717) is 11.8 Å². The van der Waals surface area contributed by atoms with Crippen LogP contribution in [0.2, 0.25) is 5.02 Å². The minimum absolute atomic E-state index is 0.0500. The molecule has 1 saturated carbocycles. The summed E-state index contributed by atoms with van der Waals surface area (Å²) in [6.07, 6.45) is 2.57. The van der Waals surface area contributed by atoms with E-state index in [1.807, 2.05) is 12.1 Å². The predicted molar refractivity (Wildman–Crippen MR) is 81.1 cm³/mol. The van der Waals surface area contributed by atoms with Crippen molar-refractivity contribution in [2.24, 2.45) is 5.92 Å². The molecule has 1 aliphatic rings. The first-order valence-electron chi connectivity index (χ1n) is 6.69. The number of aryl methyl sites for hydroxylation is 1. The van der Waals surface area contributed by atoms with Crippen molar-refractivity contribution in [3.8, 4) is 0 Å². The molecule has 19 heavy (non-hydrogen) atoms. The van der Waals surface area contributed by atoms with Gasteiger partial charge in [-0.25, -0.2) is 4.98 Å². The van der Waals surface area contributed by atoms with Gasteiger partial charge in [-0.05, 0) is 57.2 Å². The van der Waals surface area contributed by atoms with Crippen molar-refractivity contribution in [2.45, 2.75) is 45.0 Å². The molecule has 1 aromatic carbocycles. The van der Waals surface area contributed by atoms with E-state index >= 15 is 0 Å². The average Bonchev–Trinajstić information content (AvgIpc) is 3.15. The first-order chi connectivity index (χ1) is 8.96. The molecular weight excluding hydrogens is 279 g/mol. The van der Waals surface area contributed by atoms with Gasteiger partial charge < -0.3 is 4.57 Å². The van der Waals surface area contributed by atoms with Crippen LogP contribution in [0.3, 0.4) is 0 Å². The zero-order chi connectivity index (χ0) is 13.8. The number of imidazole rings is 1. The summed E-state index contributed by atoms with van der Waals surface area (Å²) < 4.78 is 2.31. The van der Waals surface area contributed by atoms with Gasteiger partial charge in [-0.1, -0.05) is 11.6 Å². The van der Waals surface area contributed by atoms with Crippen molar-refractivity contribution < 1.29 is 0 Å². The number of rotatable bonds is 3. The van der Waals surface area contributed by atoms with Gasteiger partial charge in [-0.2, -0.15) is 0 Å². The lowest BCUT2D eigenvalue weighted by molar-refractivity contribution is 0.306. The van der Waals surface area contributed by atoms with Crippen LogP contribution in [0.15, 0.2) is 12.1 Å². The molecule has 0 amide bonds. The van der Waals surface area contributed by atoms with E-state index in [2.05, 4.69) is 30.3 Å². The third-order valence-electron chi connectivity index (χ3n) is 4.35. The molecule has 0 saturated heterocycles. The van der Waals surface area contributed by atoms with E-state index in [4.69, 9.17) is 23.2 Å². The molecule has 4 heteroatoms. The maximum Gasteiger partial charge on any atom is 0.125 e. The lowest BCUT2D eigenvalue weighted by atomic mass is 9.97. The van der Waals surface area contributed by atoms with Crippen molar-refractivity contribution >= 4 is 34.2 Å². The summed E-state index contributed by atoms with van der Waals surface area (Å²) in [5.74, 6) is 2.09. The highest BCUT2D eigenvalue weighted by molar-refractivity contribution is 6.32. The van der Waals surface area contributed by atoms with Gasteiger partial charge in [0.1, 0.15) is 5.82 Å². The second-order valence-corrected chi connectivity index (χ2v) is 6.64. The Morgan fingerprint density at radius 2 is 2.05 bits per heavy atom. The van der Waals surface area contributed by atoms with Crippen LogP contribution >= 0.6 is 23.2 Å². The third kappa shape index (κ3) is 1.96. The minimum Gasteiger partial charge on any atom is -0.321 e. The largest absolute Gasteiger partial charge is 0.321 e. The number of aromatic nitrogens is 2. The second-order valence-electron chi connectivity index (χ2n) is 5.97. The van der Waals surface area contributed by atoms with Crippen LogP contribution in [0.25, 0.3) is 11.0 Å². The van der Waals surface area contributed by atoms with E-state index < -0.39 is 0 Å². The Morgan fingerprint density at radius 3 is 2.63 bits per heavy atom. The Hall–Kier alpha value is -0.730. The summed E-state index contributed by atoms with van der Waals surface area (Å²) in [6.45, 7) is 6.62. The SMILES string of the molecule is Cc1c(Cl)ccc2nc(CCl)n(C(C)(C)C3CC3)c12. The summed E-state index contributed by atoms with van der Waals surface area (Å²) >= 11 is 12.4. The molecule has 0 spiro atoms.